The van der Waals surface area contributed by atoms with Gasteiger partial charge in [0.15, 0.2) is 6.61 Å². The number of aryl methyl sites for hydroxylation is 2. The topological polar surface area (TPSA) is 80.6 Å². The summed E-state index contributed by atoms with van der Waals surface area (Å²) in [4.78, 5) is 23.8. The summed E-state index contributed by atoms with van der Waals surface area (Å²) in [6, 6.07) is 5.18. The monoisotopic (exact) mass is 364 g/mol. The van der Waals surface area contributed by atoms with Crippen LogP contribution in [0.3, 0.4) is 0 Å². The largest absolute Gasteiger partial charge is 0.483 e. The molecule has 0 atom stereocenters. The molecule has 6 nitrogen and oxygen atoms in total. The summed E-state index contributed by atoms with van der Waals surface area (Å²) in [6.07, 6.45) is 1.41. The van der Waals surface area contributed by atoms with E-state index in [1.165, 1.54) is 12.3 Å². The maximum Gasteiger partial charge on any atom is 0.276 e. The summed E-state index contributed by atoms with van der Waals surface area (Å²) >= 11 is 6.15. The molecule has 0 saturated heterocycles. The molecule has 25 heavy (non-hydrogen) atoms. The second-order valence-electron chi connectivity index (χ2n) is 5.98. The van der Waals surface area contributed by atoms with Gasteiger partial charge in [-0.25, -0.2) is 0 Å². The molecule has 1 heterocycles. The number of nitrogens with one attached hydrogen (secondary N) is 2. The van der Waals surface area contributed by atoms with Crippen molar-refractivity contribution in [1.82, 2.24) is 10.9 Å². The fraction of sp³-hybridized carbons (Fsp3) is 0.333. The van der Waals surface area contributed by atoms with Gasteiger partial charge in [0.25, 0.3) is 11.8 Å². The molecule has 0 fully saturated rings. The second-order valence-corrected chi connectivity index (χ2v) is 6.38. The van der Waals surface area contributed by atoms with Crippen molar-refractivity contribution >= 4 is 23.4 Å². The van der Waals surface area contributed by atoms with E-state index in [1.54, 1.807) is 13.0 Å². The predicted octanol–water partition coefficient (Wildman–Crippen LogP) is 3.51. The van der Waals surface area contributed by atoms with Crippen molar-refractivity contribution in [3.8, 4) is 5.75 Å². The number of benzene rings is 1. The van der Waals surface area contributed by atoms with E-state index in [1.807, 2.05) is 26.8 Å². The molecule has 0 saturated carbocycles. The summed E-state index contributed by atoms with van der Waals surface area (Å²) in [7, 11) is 0. The molecule has 0 radical (unpaired) electrons. The molecular weight excluding hydrogens is 344 g/mol. The molecule has 2 amide bonds. The number of hydrogen-bond acceptors (Lipinski definition) is 4. The predicted molar refractivity (Wildman–Crippen MR) is 94.8 cm³/mol. The summed E-state index contributed by atoms with van der Waals surface area (Å²) in [5.41, 5.74) is 6.77. The van der Waals surface area contributed by atoms with Gasteiger partial charge in [-0.15, -0.1) is 0 Å². The van der Waals surface area contributed by atoms with Crippen LogP contribution in [-0.4, -0.2) is 18.4 Å². The standard InChI is InChI=1S/C18H21ClN2O4/c1-10(2)14-8-15(19)11(3)7-16(14)25-9-17(22)20-21-18(23)13-5-6-24-12(13)4/h5-8,10H,9H2,1-4H3,(H,20,22)(H,21,23). The van der Waals surface area contributed by atoms with Crippen LogP contribution < -0.4 is 15.6 Å². The Labute approximate surface area is 151 Å². The Hall–Kier alpha value is -2.47. The number of carbonyl (C=O) groups excluding carboxylic acids is 2. The lowest BCUT2D eigenvalue weighted by atomic mass is 10.0. The highest BCUT2D eigenvalue weighted by Crippen LogP contribution is 2.31. The molecule has 2 aromatic rings. The minimum atomic E-state index is -0.475. The summed E-state index contributed by atoms with van der Waals surface area (Å²) in [5, 5.41) is 0.656. The fourth-order valence-corrected chi connectivity index (χ4v) is 2.41. The second kappa shape index (κ2) is 8.07. The van der Waals surface area contributed by atoms with Crippen LogP contribution in [0.2, 0.25) is 5.02 Å². The lowest BCUT2D eigenvalue weighted by molar-refractivity contribution is -0.123. The quantitative estimate of drug-likeness (QED) is 0.795. The van der Waals surface area contributed by atoms with Crippen molar-refractivity contribution in [2.45, 2.75) is 33.6 Å². The number of ether oxygens (including phenoxy) is 1. The molecule has 0 aliphatic heterocycles. The Kier molecular flexibility index (Phi) is 6.09. The van der Waals surface area contributed by atoms with Crippen molar-refractivity contribution in [2.24, 2.45) is 0 Å². The third kappa shape index (κ3) is 4.76. The Morgan fingerprint density at radius 3 is 2.56 bits per heavy atom. The lowest BCUT2D eigenvalue weighted by Gasteiger charge is -2.16. The molecule has 1 aromatic carbocycles. The van der Waals surface area contributed by atoms with Gasteiger partial charge in [-0.05, 0) is 49.1 Å². The van der Waals surface area contributed by atoms with Crippen molar-refractivity contribution in [3.63, 3.8) is 0 Å². The van der Waals surface area contributed by atoms with Gasteiger partial charge in [0.1, 0.15) is 11.5 Å². The minimum absolute atomic E-state index is 0.194. The third-order valence-corrected chi connectivity index (χ3v) is 4.10. The average molecular weight is 365 g/mol. The van der Waals surface area contributed by atoms with Gasteiger partial charge in [0, 0.05) is 5.02 Å². The van der Waals surface area contributed by atoms with E-state index in [9.17, 15) is 9.59 Å². The minimum Gasteiger partial charge on any atom is -0.483 e. The van der Waals surface area contributed by atoms with E-state index in [0.717, 1.165) is 11.1 Å². The average Bonchev–Trinajstić information content (AvgIpc) is 2.99. The van der Waals surface area contributed by atoms with Crippen molar-refractivity contribution in [2.75, 3.05) is 6.61 Å². The van der Waals surface area contributed by atoms with Crippen molar-refractivity contribution in [3.05, 3.63) is 51.9 Å². The maximum absolute atomic E-state index is 11.9. The number of rotatable bonds is 5. The SMILES string of the molecule is Cc1cc(OCC(=O)NNC(=O)c2ccoc2C)c(C(C)C)cc1Cl. The zero-order chi connectivity index (χ0) is 18.6. The van der Waals surface area contributed by atoms with E-state index in [4.69, 9.17) is 20.8 Å². The van der Waals surface area contributed by atoms with Gasteiger partial charge in [-0.3, -0.25) is 20.4 Å². The first-order valence-electron chi connectivity index (χ1n) is 7.85. The number of carbonyl (C=O) groups is 2. The zero-order valence-corrected chi connectivity index (χ0v) is 15.4. The highest BCUT2D eigenvalue weighted by Gasteiger charge is 2.14. The third-order valence-electron chi connectivity index (χ3n) is 3.69. The van der Waals surface area contributed by atoms with Crippen LogP contribution in [0.1, 0.15) is 47.0 Å². The van der Waals surface area contributed by atoms with E-state index in [0.29, 0.717) is 22.1 Å². The normalized spacial score (nSPS) is 10.6. The number of amides is 2. The number of hydrazine groups is 1. The molecule has 7 heteroatoms. The Morgan fingerprint density at radius 1 is 1.24 bits per heavy atom. The molecule has 2 rings (SSSR count). The first kappa shape index (κ1) is 18.9. The molecule has 0 unspecified atom stereocenters. The summed E-state index contributed by atoms with van der Waals surface area (Å²) in [6.45, 7) is 7.33. The highest BCUT2D eigenvalue weighted by molar-refractivity contribution is 6.31. The highest BCUT2D eigenvalue weighted by atomic mass is 35.5. The van der Waals surface area contributed by atoms with Gasteiger partial charge >= 0.3 is 0 Å². The molecule has 2 N–H and O–H groups in total. The molecule has 134 valence electrons. The van der Waals surface area contributed by atoms with Gasteiger partial charge in [-0.1, -0.05) is 25.4 Å². The molecule has 1 aromatic heterocycles. The van der Waals surface area contributed by atoms with Gasteiger partial charge in [0.05, 0.1) is 11.8 Å². The first-order chi connectivity index (χ1) is 11.8. The smallest absolute Gasteiger partial charge is 0.276 e. The van der Waals surface area contributed by atoms with E-state index in [2.05, 4.69) is 10.9 Å². The molecule has 0 aliphatic rings. The van der Waals surface area contributed by atoms with Gasteiger partial charge in [-0.2, -0.15) is 0 Å². The molecule has 0 bridgehead atoms. The van der Waals surface area contributed by atoms with Crippen LogP contribution in [0.5, 0.6) is 5.75 Å². The Morgan fingerprint density at radius 2 is 1.96 bits per heavy atom. The van der Waals surface area contributed by atoms with Crippen LogP contribution >= 0.6 is 11.6 Å². The number of furan rings is 1. The van der Waals surface area contributed by atoms with Crippen molar-refractivity contribution < 1.29 is 18.7 Å². The van der Waals surface area contributed by atoms with Gasteiger partial charge < -0.3 is 9.15 Å². The zero-order valence-electron chi connectivity index (χ0n) is 14.6. The van der Waals surface area contributed by atoms with Crippen LogP contribution in [0.15, 0.2) is 28.9 Å². The summed E-state index contributed by atoms with van der Waals surface area (Å²) < 4.78 is 10.6. The van der Waals surface area contributed by atoms with E-state index < -0.39 is 11.8 Å². The fourth-order valence-electron chi connectivity index (χ4n) is 2.24. The first-order valence-corrected chi connectivity index (χ1v) is 8.23. The lowest BCUT2D eigenvalue weighted by Crippen LogP contribution is -2.43. The molecule has 0 spiro atoms. The Balaban J connectivity index is 1.93. The van der Waals surface area contributed by atoms with E-state index in [-0.39, 0.29) is 12.5 Å². The van der Waals surface area contributed by atoms with Crippen molar-refractivity contribution in [1.29, 1.82) is 0 Å². The summed E-state index contributed by atoms with van der Waals surface area (Å²) in [5.74, 6) is 0.340. The van der Waals surface area contributed by atoms with Crippen LogP contribution in [0.25, 0.3) is 0 Å². The van der Waals surface area contributed by atoms with Crippen LogP contribution in [-0.2, 0) is 4.79 Å². The molecule has 0 aliphatic carbocycles. The maximum atomic E-state index is 11.9. The van der Waals surface area contributed by atoms with Gasteiger partial charge in [0.2, 0.25) is 0 Å². The molecular formula is C18H21ClN2O4. The number of halogens is 1. The van der Waals surface area contributed by atoms with E-state index >= 15 is 0 Å². The van der Waals surface area contributed by atoms with Crippen LogP contribution in [0, 0.1) is 13.8 Å². The van der Waals surface area contributed by atoms with Crippen LogP contribution in [0.4, 0.5) is 0 Å². The number of hydrogen-bond donors (Lipinski definition) is 2. The Bertz CT molecular complexity index is 783.